The fourth-order valence-corrected chi connectivity index (χ4v) is 2.27. The first-order valence-electron chi connectivity index (χ1n) is 6.44. The Morgan fingerprint density at radius 1 is 0.955 bits per heavy atom. The fraction of sp³-hybridized carbons (Fsp3) is 0. The van der Waals surface area contributed by atoms with Crippen LogP contribution in [0.5, 0.6) is 0 Å². The second-order valence-corrected chi connectivity index (χ2v) is 4.94. The van der Waals surface area contributed by atoms with Crippen LogP contribution >= 0.6 is 11.6 Å². The SMILES string of the molecule is O=C(NNC(=O)c1cccc2cn[nH]c12)c1ccccc1Cl. The predicted molar refractivity (Wildman–Crippen MR) is 82.5 cm³/mol. The molecule has 0 saturated carbocycles. The Labute approximate surface area is 130 Å². The van der Waals surface area contributed by atoms with Crippen molar-refractivity contribution in [2.45, 2.75) is 0 Å². The van der Waals surface area contributed by atoms with E-state index in [1.165, 1.54) is 0 Å². The number of para-hydroxylation sites is 1. The molecule has 0 spiro atoms. The molecular formula is C15H11ClN4O2. The van der Waals surface area contributed by atoms with Gasteiger partial charge in [0, 0.05) is 5.39 Å². The van der Waals surface area contributed by atoms with Gasteiger partial charge in [-0.1, -0.05) is 35.9 Å². The van der Waals surface area contributed by atoms with E-state index in [1.54, 1.807) is 42.6 Å². The van der Waals surface area contributed by atoms with Gasteiger partial charge in [-0.2, -0.15) is 5.10 Å². The molecule has 3 N–H and O–H groups in total. The molecule has 0 radical (unpaired) electrons. The lowest BCUT2D eigenvalue weighted by Gasteiger charge is -2.08. The quantitative estimate of drug-likeness (QED) is 0.634. The number of rotatable bonds is 2. The number of hydrogen-bond acceptors (Lipinski definition) is 3. The van der Waals surface area contributed by atoms with Crippen LogP contribution in [0, 0.1) is 0 Å². The summed E-state index contributed by atoms with van der Waals surface area (Å²) in [6, 6.07) is 11.8. The number of nitrogens with one attached hydrogen (secondary N) is 3. The van der Waals surface area contributed by atoms with Crippen LogP contribution in [-0.2, 0) is 0 Å². The first kappa shape index (κ1) is 14.1. The average Bonchev–Trinajstić information content (AvgIpc) is 3.01. The second kappa shape index (κ2) is 5.87. The van der Waals surface area contributed by atoms with E-state index in [0.29, 0.717) is 16.1 Å². The number of fused-ring (bicyclic) bond motifs is 1. The van der Waals surface area contributed by atoms with E-state index in [0.717, 1.165) is 5.39 Å². The zero-order valence-electron chi connectivity index (χ0n) is 11.3. The van der Waals surface area contributed by atoms with E-state index < -0.39 is 11.8 Å². The van der Waals surface area contributed by atoms with Crippen LogP contribution in [0.25, 0.3) is 10.9 Å². The highest BCUT2D eigenvalue weighted by atomic mass is 35.5. The number of aromatic amines is 1. The summed E-state index contributed by atoms with van der Waals surface area (Å²) in [5.41, 5.74) is 5.97. The lowest BCUT2D eigenvalue weighted by molar-refractivity contribution is 0.0847. The van der Waals surface area contributed by atoms with Gasteiger partial charge in [0.2, 0.25) is 0 Å². The largest absolute Gasteiger partial charge is 0.277 e. The number of H-pyrrole nitrogens is 1. The highest BCUT2D eigenvalue weighted by molar-refractivity contribution is 6.33. The minimum atomic E-state index is -0.490. The molecule has 0 aliphatic rings. The van der Waals surface area contributed by atoms with Crippen LogP contribution < -0.4 is 10.9 Å². The minimum Gasteiger partial charge on any atom is -0.277 e. The van der Waals surface area contributed by atoms with Gasteiger partial charge in [-0.15, -0.1) is 0 Å². The van der Waals surface area contributed by atoms with Gasteiger partial charge in [0.05, 0.1) is 27.9 Å². The molecule has 1 aromatic heterocycles. The van der Waals surface area contributed by atoms with Crippen molar-refractivity contribution in [3.05, 3.63) is 64.8 Å². The molecule has 0 atom stereocenters. The Morgan fingerprint density at radius 2 is 1.64 bits per heavy atom. The van der Waals surface area contributed by atoms with Gasteiger partial charge < -0.3 is 0 Å². The Kier molecular flexibility index (Phi) is 3.76. The number of nitrogens with zero attached hydrogens (tertiary/aromatic N) is 1. The number of hydrazine groups is 1. The Morgan fingerprint density at radius 3 is 2.41 bits per heavy atom. The molecule has 3 aromatic rings. The maximum Gasteiger partial charge on any atom is 0.271 e. The molecule has 0 bridgehead atoms. The molecule has 0 saturated heterocycles. The van der Waals surface area contributed by atoms with E-state index in [2.05, 4.69) is 21.0 Å². The lowest BCUT2D eigenvalue weighted by Crippen LogP contribution is -2.41. The van der Waals surface area contributed by atoms with E-state index >= 15 is 0 Å². The number of carbonyl (C=O) groups excluding carboxylic acids is 2. The fourth-order valence-electron chi connectivity index (χ4n) is 2.05. The third kappa shape index (κ3) is 2.64. The van der Waals surface area contributed by atoms with Crippen molar-refractivity contribution in [1.82, 2.24) is 21.0 Å². The highest BCUT2D eigenvalue weighted by Crippen LogP contribution is 2.16. The van der Waals surface area contributed by atoms with Crippen LogP contribution in [0.3, 0.4) is 0 Å². The summed E-state index contributed by atoms with van der Waals surface area (Å²) >= 11 is 5.93. The normalized spacial score (nSPS) is 10.4. The molecule has 0 aliphatic heterocycles. The molecule has 3 rings (SSSR count). The first-order chi connectivity index (χ1) is 10.7. The van der Waals surface area contributed by atoms with Crippen molar-refractivity contribution in [1.29, 1.82) is 0 Å². The summed E-state index contributed by atoms with van der Waals surface area (Å²) < 4.78 is 0. The predicted octanol–water partition coefficient (Wildman–Crippen LogP) is 2.29. The number of benzene rings is 2. The summed E-state index contributed by atoms with van der Waals surface area (Å²) in [4.78, 5) is 24.2. The highest BCUT2D eigenvalue weighted by Gasteiger charge is 2.14. The Bertz CT molecular complexity index is 859. The van der Waals surface area contributed by atoms with E-state index in [-0.39, 0.29) is 5.56 Å². The molecule has 22 heavy (non-hydrogen) atoms. The van der Waals surface area contributed by atoms with Crippen LogP contribution in [0.2, 0.25) is 5.02 Å². The van der Waals surface area contributed by atoms with Gasteiger partial charge in [-0.05, 0) is 18.2 Å². The standard InChI is InChI=1S/C15H11ClN4O2/c16-12-7-2-1-5-10(12)14(21)19-20-15(22)11-6-3-4-9-8-17-18-13(9)11/h1-8H,(H,17,18)(H,19,21)(H,20,22). The van der Waals surface area contributed by atoms with Gasteiger partial charge in [0.1, 0.15) is 0 Å². The number of halogens is 1. The number of aromatic nitrogens is 2. The van der Waals surface area contributed by atoms with Gasteiger partial charge >= 0.3 is 0 Å². The summed E-state index contributed by atoms with van der Waals surface area (Å²) in [5, 5.41) is 7.76. The van der Waals surface area contributed by atoms with Gasteiger partial charge in [-0.25, -0.2) is 0 Å². The molecular weight excluding hydrogens is 304 g/mol. The summed E-state index contributed by atoms with van der Waals surface area (Å²) in [5.74, 6) is -0.939. The number of carbonyl (C=O) groups is 2. The molecule has 110 valence electrons. The third-order valence-corrected chi connectivity index (χ3v) is 3.46. The van der Waals surface area contributed by atoms with Crippen LogP contribution in [0.15, 0.2) is 48.7 Å². The molecule has 2 amide bonds. The smallest absolute Gasteiger partial charge is 0.271 e. The van der Waals surface area contributed by atoms with Crippen molar-refractivity contribution in [2.75, 3.05) is 0 Å². The minimum absolute atomic E-state index is 0.282. The Hall–Kier alpha value is -2.86. The van der Waals surface area contributed by atoms with Gasteiger partial charge in [-0.3, -0.25) is 25.5 Å². The Balaban J connectivity index is 1.74. The summed E-state index contributed by atoms with van der Waals surface area (Å²) in [6.07, 6.45) is 1.62. The van der Waals surface area contributed by atoms with Crippen molar-refractivity contribution in [3.8, 4) is 0 Å². The topological polar surface area (TPSA) is 86.9 Å². The maximum atomic E-state index is 12.2. The van der Waals surface area contributed by atoms with E-state index in [4.69, 9.17) is 11.6 Å². The molecule has 2 aromatic carbocycles. The average molecular weight is 315 g/mol. The van der Waals surface area contributed by atoms with E-state index in [1.807, 2.05) is 6.07 Å². The van der Waals surface area contributed by atoms with Gasteiger partial charge in [0.15, 0.2) is 0 Å². The first-order valence-corrected chi connectivity index (χ1v) is 6.82. The maximum absolute atomic E-state index is 12.2. The molecule has 7 heteroatoms. The second-order valence-electron chi connectivity index (χ2n) is 4.53. The van der Waals surface area contributed by atoms with Gasteiger partial charge in [0.25, 0.3) is 11.8 Å². The molecule has 0 unspecified atom stereocenters. The van der Waals surface area contributed by atoms with Crippen LogP contribution in [-0.4, -0.2) is 22.0 Å². The van der Waals surface area contributed by atoms with E-state index in [9.17, 15) is 9.59 Å². The zero-order valence-corrected chi connectivity index (χ0v) is 12.0. The number of hydrogen-bond donors (Lipinski definition) is 3. The third-order valence-electron chi connectivity index (χ3n) is 3.13. The summed E-state index contributed by atoms with van der Waals surface area (Å²) in [7, 11) is 0. The zero-order chi connectivity index (χ0) is 15.5. The number of amides is 2. The lowest BCUT2D eigenvalue weighted by atomic mass is 10.1. The van der Waals surface area contributed by atoms with Crippen LogP contribution in [0.1, 0.15) is 20.7 Å². The molecule has 1 heterocycles. The van der Waals surface area contributed by atoms with Crippen molar-refractivity contribution >= 4 is 34.3 Å². The van der Waals surface area contributed by atoms with Crippen molar-refractivity contribution in [2.24, 2.45) is 0 Å². The molecule has 0 aliphatic carbocycles. The van der Waals surface area contributed by atoms with Crippen molar-refractivity contribution in [3.63, 3.8) is 0 Å². The van der Waals surface area contributed by atoms with Crippen LogP contribution in [0.4, 0.5) is 0 Å². The molecule has 0 fully saturated rings. The molecule has 6 nitrogen and oxygen atoms in total. The monoisotopic (exact) mass is 314 g/mol. The summed E-state index contributed by atoms with van der Waals surface area (Å²) in [6.45, 7) is 0. The van der Waals surface area contributed by atoms with Crippen molar-refractivity contribution < 1.29 is 9.59 Å².